The molecule has 4 heteroatoms. The van der Waals surface area contributed by atoms with Crippen LogP contribution in [-0.2, 0) is 0 Å². The smallest absolute Gasteiger partial charge is 0.159 e. The van der Waals surface area contributed by atoms with Crippen LogP contribution in [0.2, 0.25) is 0 Å². The highest BCUT2D eigenvalue weighted by Crippen LogP contribution is 2.15. The third-order valence-corrected chi connectivity index (χ3v) is 4.21. The van der Waals surface area contributed by atoms with Crippen LogP contribution in [0.15, 0.2) is 82.8 Å². The fourth-order valence-electron chi connectivity index (χ4n) is 2.53. The first kappa shape index (κ1) is 19.1. The van der Waals surface area contributed by atoms with Gasteiger partial charge in [-0.05, 0) is 73.5 Å². The fourth-order valence-corrected chi connectivity index (χ4v) is 2.53. The van der Waals surface area contributed by atoms with Gasteiger partial charge in [0.05, 0.1) is 11.4 Å². The molecule has 0 fully saturated rings. The Morgan fingerprint density at radius 1 is 0.571 bits per heavy atom. The topological polar surface area (TPSA) is 58.9 Å². The fraction of sp³-hybridized carbons (Fsp3) is 0.0833. The standard InChI is InChI=1S/C24H20N2O2/c1-17(27)21-7-11-23(12-8-21)25-15-19-3-5-20(6-4-19)16-26-24-13-9-22(10-14-24)18(2)28/h3-16H,1-2H3. The summed E-state index contributed by atoms with van der Waals surface area (Å²) >= 11 is 0. The molecule has 0 unspecified atom stereocenters. The van der Waals surface area contributed by atoms with Gasteiger partial charge in [-0.1, -0.05) is 24.3 Å². The van der Waals surface area contributed by atoms with Gasteiger partial charge in [-0.2, -0.15) is 0 Å². The molecule has 0 amide bonds. The number of nitrogens with zero attached hydrogens (tertiary/aromatic N) is 2. The van der Waals surface area contributed by atoms with Gasteiger partial charge in [0.25, 0.3) is 0 Å². The Hall–Kier alpha value is -3.66. The minimum absolute atomic E-state index is 0.0441. The number of hydrogen-bond acceptors (Lipinski definition) is 4. The molecular weight excluding hydrogens is 348 g/mol. The average molecular weight is 368 g/mol. The van der Waals surface area contributed by atoms with Crippen molar-refractivity contribution in [2.45, 2.75) is 13.8 Å². The van der Waals surface area contributed by atoms with E-state index in [-0.39, 0.29) is 11.6 Å². The Morgan fingerprint density at radius 2 is 0.893 bits per heavy atom. The van der Waals surface area contributed by atoms with Gasteiger partial charge in [0.15, 0.2) is 11.6 Å². The molecule has 3 rings (SSSR count). The monoisotopic (exact) mass is 368 g/mol. The number of ketones is 2. The van der Waals surface area contributed by atoms with Gasteiger partial charge in [-0.15, -0.1) is 0 Å². The predicted octanol–water partition coefficient (Wildman–Crippen LogP) is 5.59. The van der Waals surface area contributed by atoms with E-state index in [0.29, 0.717) is 11.1 Å². The van der Waals surface area contributed by atoms with Crippen molar-refractivity contribution in [3.8, 4) is 0 Å². The van der Waals surface area contributed by atoms with Crippen LogP contribution in [0.4, 0.5) is 11.4 Å². The Balaban J connectivity index is 1.64. The van der Waals surface area contributed by atoms with Crippen molar-refractivity contribution in [3.63, 3.8) is 0 Å². The highest BCUT2D eigenvalue weighted by molar-refractivity contribution is 5.95. The number of hydrogen-bond donors (Lipinski definition) is 0. The van der Waals surface area contributed by atoms with Crippen molar-refractivity contribution >= 4 is 35.4 Å². The molecule has 0 aliphatic rings. The molecular formula is C24H20N2O2. The zero-order valence-electron chi connectivity index (χ0n) is 15.8. The lowest BCUT2D eigenvalue weighted by molar-refractivity contribution is 0.100. The van der Waals surface area contributed by atoms with E-state index in [1.807, 2.05) is 48.5 Å². The van der Waals surface area contributed by atoms with E-state index in [1.54, 1.807) is 50.5 Å². The van der Waals surface area contributed by atoms with E-state index in [1.165, 1.54) is 0 Å². The molecule has 0 heterocycles. The van der Waals surface area contributed by atoms with E-state index < -0.39 is 0 Å². The summed E-state index contributed by atoms with van der Waals surface area (Å²) in [6.45, 7) is 3.09. The van der Waals surface area contributed by atoms with Gasteiger partial charge < -0.3 is 0 Å². The SMILES string of the molecule is CC(=O)c1ccc(N=Cc2ccc(C=Nc3ccc(C(C)=O)cc3)cc2)cc1. The van der Waals surface area contributed by atoms with Crippen LogP contribution in [-0.4, -0.2) is 24.0 Å². The second kappa shape index (κ2) is 8.82. The molecule has 0 saturated carbocycles. The summed E-state index contributed by atoms with van der Waals surface area (Å²) in [5.74, 6) is 0.0881. The lowest BCUT2D eigenvalue weighted by Crippen LogP contribution is -1.90. The molecule has 0 spiro atoms. The zero-order chi connectivity index (χ0) is 19.9. The van der Waals surface area contributed by atoms with Crippen LogP contribution in [0.3, 0.4) is 0 Å². The first-order chi connectivity index (χ1) is 13.5. The third-order valence-electron chi connectivity index (χ3n) is 4.21. The van der Waals surface area contributed by atoms with Gasteiger partial charge in [0.1, 0.15) is 0 Å². The minimum atomic E-state index is 0.0441. The summed E-state index contributed by atoms with van der Waals surface area (Å²) in [5.41, 5.74) is 4.89. The summed E-state index contributed by atoms with van der Waals surface area (Å²) in [6, 6.07) is 22.3. The van der Waals surface area contributed by atoms with Gasteiger partial charge in [0.2, 0.25) is 0 Å². The largest absolute Gasteiger partial charge is 0.295 e. The zero-order valence-corrected chi connectivity index (χ0v) is 15.8. The van der Waals surface area contributed by atoms with E-state index >= 15 is 0 Å². The second-order valence-corrected chi connectivity index (χ2v) is 6.39. The van der Waals surface area contributed by atoms with Crippen molar-refractivity contribution in [2.75, 3.05) is 0 Å². The van der Waals surface area contributed by atoms with E-state index in [4.69, 9.17) is 0 Å². The third kappa shape index (κ3) is 5.17. The van der Waals surface area contributed by atoms with Crippen molar-refractivity contribution in [3.05, 3.63) is 95.1 Å². The molecule has 0 N–H and O–H groups in total. The molecule has 3 aromatic carbocycles. The molecule has 138 valence electrons. The maximum atomic E-state index is 11.3. The molecule has 0 bridgehead atoms. The summed E-state index contributed by atoms with van der Waals surface area (Å²) in [6.07, 6.45) is 3.56. The summed E-state index contributed by atoms with van der Waals surface area (Å²) in [4.78, 5) is 31.4. The first-order valence-corrected chi connectivity index (χ1v) is 8.91. The molecule has 3 aromatic rings. The second-order valence-electron chi connectivity index (χ2n) is 6.39. The van der Waals surface area contributed by atoms with Crippen molar-refractivity contribution in [1.82, 2.24) is 0 Å². The van der Waals surface area contributed by atoms with Crippen LogP contribution >= 0.6 is 0 Å². The van der Waals surface area contributed by atoms with Gasteiger partial charge in [-0.3, -0.25) is 19.6 Å². The Kier molecular flexibility index (Phi) is 6.02. The molecule has 4 nitrogen and oxygen atoms in total. The van der Waals surface area contributed by atoms with E-state index in [9.17, 15) is 9.59 Å². The van der Waals surface area contributed by atoms with E-state index in [0.717, 1.165) is 22.5 Å². The van der Waals surface area contributed by atoms with Crippen molar-refractivity contribution < 1.29 is 9.59 Å². The Labute approximate surface area is 164 Å². The van der Waals surface area contributed by atoms with Crippen LogP contribution in [0.25, 0.3) is 0 Å². The molecule has 0 atom stereocenters. The van der Waals surface area contributed by atoms with Crippen LogP contribution in [0.1, 0.15) is 45.7 Å². The summed E-state index contributed by atoms with van der Waals surface area (Å²) in [5, 5.41) is 0. The quantitative estimate of drug-likeness (QED) is 0.420. The normalized spacial score (nSPS) is 11.2. The Morgan fingerprint density at radius 3 is 1.18 bits per heavy atom. The maximum absolute atomic E-state index is 11.3. The lowest BCUT2D eigenvalue weighted by atomic mass is 10.1. The van der Waals surface area contributed by atoms with E-state index in [2.05, 4.69) is 9.98 Å². The molecule has 0 saturated heterocycles. The number of carbonyl (C=O) groups excluding carboxylic acids is 2. The molecule has 0 aliphatic carbocycles. The first-order valence-electron chi connectivity index (χ1n) is 8.91. The predicted molar refractivity (Wildman–Crippen MR) is 114 cm³/mol. The highest BCUT2D eigenvalue weighted by atomic mass is 16.1. The number of Topliss-reactive ketones (excluding diaryl/α,β-unsaturated/α-hetero) is 2. The number of benzene rings is 3. The van der Waals surface area contributed by atoms with Crippen molar-refractivity contribution in [2.24, 2.45) is 9.98 Å². The van der Waals surface area contributed by atoms with Crippen LogP contribution in [0, 0.1) is 0 Å². The Bertz CT molecular complexity index is 943. The van der Waals surface area contributed by atoms with Crippen LogP contribution in [0.5, 0.6) is 0 Å². The lowest BCUT2D eigenvalue weighted by Gasteiger charge is -1.99. The molecule has 28 heavy (non-hydrogen) atoms. The molecule has 0 aliphatic heterocycles. The summed E-state index contributed by atoms with van der Waals surface area (Å²) in [7, 11) is 0. The highest BCUT2D eigenvalue weighted by Gasteiger charge is 1.99. The summed E-state index contributed by atoms with van der Waals surface area (Å²) < 4.78 is 0. The van der Waals surface area contributed by atoms with Gasteiger partial charge >= 0.3 is 0 Å². The van der Waals surface area contributed by atoms with Gasteiger partial charge in [0, 0.05) is 23.6 Å². The minimum Gasteiger partial charge on any atom is -0.295 e. The number of aliphatic imine (C=N–C) groups is 2. The maximum Gasteiger partial charge on any atom is 0.159 e. The number of rotatable bonds is 6. The van der Waals surface area contributed by atoms with Crippen LogP contribution < -0.4 is 0 Å². The van der Waals surface area contributed by atoms with Gasteiger partial charge in [-0.25, -0.2) is 0 Å². The molecule has 0 radical (unpaired) electrons. The number of carbonyl (C=O) groups is 2. The average Bonchev–Trinajstić information content (AvgIpc) is 2.72. The molecule has 0 aromatic heterocycles. The van der Waals surface area contributed by atoms with Crippen molar-refractivity contribution in [1.29, 1.82) is 0 Å².